The van der Waals surface area contributed by atoms with E-state index in [1.165, 1.54) is 25.9 Å². The second kappa shape index (κ2) is 6.81. The number of ether oxygens (including phenoxy) is 1. The highest BCUT2D eigenvalue weighted by molar-refractivity contribution is 6.30. The minimum absolute atomic E-state index is 0.742. The molecule has 0 saturated carbocycles. The van der Waals surface area contributed by atoms with Gasteiger partial charge in [0.05, 0.1) is 0 Å². The Labute approximate surface area is 114 Å². The molecule has 0 bridgehead atoms. The number of hydrogen-bond donors (Lipinski definition) is 0. The summed E-state index contributed by atoms with van der Waals surface area (Å²) in [5.74, 6) is 0.929. The van der Waals surface area contributed by atoms with Gasteiger partial charge in [0.1, 0.15) is 12.4 Å². The summed E-state index contributed by atoms with van der Waals surface area (Å²) in [4.78, 5) is 2.45. The summed E-state index contributed by atoms with van der Waals surface area (Å²) in [5, 5.41) is 0.749. The average molecular weight is 266 g/mol. The van der Waals surface area contributed by atoms with E-state index >= 15 is 0 Å². The van der Waals surface area contributed by atoms with Crippen LogP contribution < -0.4 is 4.74 Å². The van der Waals surface area contributed by atoms with Gasteiger partial charge in [-0.05, 0) is 56.1 Å². The second-order valence-corrected chi connectivity index (χ2v) is 5.08. The summed E-state index contributed by atoms with van der Waals surface area (Å²) in [6, 6.07) is 5.78. The molecule has 1 saturated heterocycles. The first-order chi connectivity index (χ1) is 8.79. The maximum absolute atomic E-state index is 5.99. The highest BCUT2D eigenvalue weighted by Gasteiger charge is 2.11. The average Bonchev–Trinajstić information content (AvgIpc) is 2.85. The quantitative estimate of drug-likeness (QED) is 0.730. The smallest absolute Gasteiger partial charge is 0.122 e. The fourth-order valence-electron chi connectivity index (χ4n) is 2.29. The zero-order valence-electron chi connectivity index (χ0n) is 10.7. The lowest BCUT2D eigenvalue weighted by atomic mass is 10.1. The fourth-order valence-corrected chi connectivity index (χ4v) is 2.49. The minimum Gasteiger partial charge on any atom is -0.492 e. The number of nitrogens with zero attached hydrogens (tertiary/aromatic N) is 1. The highest BCUT2D eigenvalue weighted by Crippen LogP contribution is 2.23. The van der Waals surface area contributed by atoms with Crippen molar-refractivity contribution in [2.24, 2.45) is 0 Å². The van der Waals surface area contributed by atoms with Gasteiger partial charge >= 0.3 is 0 Å². The fraction of sp³-hybridized carbons (Fsp3) is 0.467. The summed E-state index contributed by atoms with van der Waals surface area (Å²) >= 11 is 5.99. The Morgan fingerprint density at radius 1 is 1.33 bits per heavy atom. The Bertz CT molecular complexity index is 399. The van der Waals surface area contributed by atoms with Crippen molar-refractivity contribution < 1.29 is 4.74 Å². The minimum atomic E-state index is 0.742. The van der Waals surface area contributed by atoms with Crippen molar-refractivity contribution in [3.05, 3.63) is 41.4 Å². The molecule has 1 aliphatic heterocycles. The third-order valence-corrected chi connectivity index (χ3v) is 3.49. The van der Waals surface area contributed by atoms with Crippen LogP contribution in [-0.2, 0) is 6.42 Å². The van der Waals surface area contributed by atoms with Gasteiger partial charge in [0.2, 0.25) is 0 Å². The third kappa shape index (κ3) is 3.76. The van der Waals surface area contributed by atoms with Crippen LogP contribution in [0.3, 0.4) is 0 Å². The van der Waals surface area contributed by atoms with Crippen LogP contribution in [-0.4, -0.2) is 31.1 Å². The van der Waals surface area contributed by atoms with Gasteiger partial charge in [0.15, 0.2) is 0 Å². The summed E-state index contributed by atoms with van der Waals surface area (Å²) in [5.41, 5.74) is 1.11. The predicted molar refractivity (Wildman–Crippen MR) is 76.5 cm³/mol. The van der Waals surface area contributed by atoms with Gasteiger partial charge in [-0.15, -0.1) is 6.58 Å². The predicted octanol–water partition coefficient (Wildman–Crippen LogP) is 3.54. The molecule has 0 aromatic heterocycles. The van der Waals surface area contributed by atoms with Crippen LogP contribution in [0.25, 0.3) is 0 Å². The summed E-state index contributed by atoms with van der Waals surface area (Å²) in [6.07, 6.45) is 5.31. The molecule has 1 aromatic rings. The monoisotopic (exact) mass is 265 g/mol. The molecule has 18 heavy (non-hydrogen) atoms. The molecule has 1 heterocycles. The standard InChI is InChI=1S/C15H20ClNO/c1-2-5-13-12-14(16)6-7-15(13)18-11-10-17-8-3-4-9-17/h2,6-7,12H,1,3-5,8-11H2. The molecule has 3 heteroatoms. The van der Waals surface area contributed by atoms with Crippen molar-refractivity contribution in [1.29, 1.82) is 0 Å². The first-order valence-corrected chi connectivity index (χ1v) is 6.92. The van der Waals surface area contributed by atoms with Gasteiger partial charge in [-0.25, -0.2) is 0 Å². The van der Waals surface area contributed by atoms with Crippen molar-refractivity contribution in [2.75, 3.05) is 26.2 Å². The number of benzene rings is 1. The van der Waals surface area contributed by atoms with Crippen LogP contribution in [0.4, 0.5) is 0 Å². The van der Waals surface area contributed by atoms with Crippen LogP contribution in [0.1, 0.15) is 18.4 Å². The first-order valence-electron chi connectivity index (χ1n) is 6.54. The summed E-state index contributed by atoms with van der Waals surface area (Å²) in [6.45, 7) is 7.94. The lowest BCUT2D eigenvalue weighted by Crippen LogP contribution is -2.25. The van der Waals surface area contributed by atoms with E-state index in [0.29, 0.717) is 0 Å². The van der Waals surface area contributed by atoms with Gasteiger partial charge < -0.3 is 4.74 Å². The molecule has 98 valence electrons. The Morgan fingerprint density at radius 2 is 2.11 bits per heavy atom. The molecule has 0 radical (unpaired) electrons. The molecule has 0 spiro atoms. The molecule has 1 fully saturated rings. The van der Waals surface area contributed by atoms with Crippen molar-refractivity contribution in [3.63, 3.8) is 0 Å². The van der Waals surface area contributed by atoms with Crippen LogP contribution >= 0.6 is 11.6 Å². The highest BCUT2D eigenvalue weighted by atomic mass is 35.5. The molecular weight excluding hydrogens is 246 g/mol. The van der Waals surface area contributed by atoms with Crippen molar-refractivity contribution >= 4 is 11.6 Å². The first kappa shape index (κ1) is 13.4. The molecular formula is C15H20ClNO. The van der Waals surface area contributed by atoms with E-state index in [1.54, 1.807) is 0 Å². The number of hydrogen-bond acceptors (Lipinski definition) is 2. The van der Waals surface area contributed by atoms with E-state index in [4.69, 9.17) is 16.3 Å². The van der Waals surface area contributed by atoms with E-state index in [2.05, 4.69) is 11.5 Å². The topological polar surface area (TPSA) is 12.5 Å². The number of likely N-dealkylation sites (tertiary alicyclic amines) is 1. The van der Waals surface area contributed by atoms with E-state index in [-0.39, 0.29) is 0 Å². The molecule has 1 aromatic carbocycles. The van der Waals surface area contributed by atoms with Crippen LogP contribution in [0, 0.1) is 0 Å². The van der Waals surface area contributed by atoms with Crippen molar-refractivity contribution in [1.82, 2.24) is 4.90 Å². The Morgan fingerprint density at radius 3 is 2.83 bits per heavy atom. The van der Waals surface area contributed by atoms with Gasteiger partial charge in [-0.2, -0.15) is 0 Å². The van der Waals surface area contributed by atoms with Crippen molar-refractivity contribution in [3.8, 4) is 5.75 Å². The molecule has 0 amide bonds. The van der Waals surface area contributed by atoms with Gasteiger partial charge in [-0.3, -0.25) is 4.90 Å². The molecule has 0 atom stereocenters. The Kier molecular flexibility index (Phi) is 5.09. The van der Waals surface area contributed by atoms with Crippen molar-refractivity contribution in [2.45, 2.75) is 19.3 Å². The molecule has 0 unspecified atom stereocenters. The van der Waals surface area contributed by atoms with Crippen LogP contribution in [0.2, 0.25) is 5.02 Å². The lowest BCUT2D eigenvalue weighted by Gasteiger charge is -2.16. The van der Waals surface area contributed by atoms with Gasteiger partial charge in [0.25, 0.3) is 0 Å². The van der Waals surface area contributed by atoms with Crippen LogP contribution in [0.15, 0.2) is 30.9 Å². The Balaban J connectivity index is 1.88. The van der Waals surface area contributed by atoms with Gasteiger partial charge in [-0.1, -0.05) is 17.7 Å². The zero-order valence-corrected chi connectivity index (χ0v) is 11.5. The SMILES string of the molecule is C=CCc1cc(Cl)ccc1OCCN1CCCC1. The molecule has 2 rings (SSSR count). The molecule has 0 N–H and O–H groups in total. The normalized spacial score (nSPS) is 15.8. The summed E-state index contributed by atoms with van der Waals surface area (Å²) < 4.78 is 5.86. The van der Waals surface area contributed by atoms with E-state index in [1.807, 2.05) is 24.3 Å². The molecule has 1 aliphatic rings. The van der Waals surface area contributed by atoms with E-state index < -0.39 is 0 Å². The number of allylic oxidation sites excluding steroid dienone is 1. The number of rotatable bonds is 6. The van der Waals surface area contributed by atoms with E-state index in [9.17, 15) is 0 Å². The third-order valence-electron chi connectivity index (χ3n) is 3.25. The number of halogens is 1. The maximum atomic E-state index is 5.99. The second-order valence-electron chi connectivity index (χ2n) is 4.64. The lowest BCUT2D eigenvalue weighted by molar-refractivity contribution is 0.236. The zero-order chi connectivity index (χ0) is 12.8. The maximum Gasteiger partial charge on any atom is 0.122 e. The largest absolute Gasteiger partial charge is 0.492 e. The molecule has 0 aliphatic carbocycles. The molecule has 2 nitrogen and oxygen atoms in total. The summed E-state index contributed by atoms with van der Waals surface area (Å²) in [7, 11) is 0. The van der Waals surface area contributed by atoms with E-state index in [0.717, 1.165) is 35.9 Å². The van der Waals surface area contributed by atoms with Crippen LogP contribution in [0.5, 0.6) is 5.75 Å². The van der Waals surface area contributed by atoms with Gasteiger partial charge in [0, 0.05) is 11.6 Å². The Hall–Kier alpha value is -0.990.